The summed E-state index contributed by atoms with van der Waals surface area (Å²) in [7, 11) is 0. The van der Waals surface area contributed by atoms with Crippen LogP contribution in [0.2, 0.25) is 0 Å². The summed E-state index contributed by atoms with van der Waals surface area (Å²) in [6, 6.07) is 15.6. The summed E-state index contributed by atoms with van der Waals surface area (Å²) < 4.78 is 11.7. The number of hydrogen-bond acceptors (Lipinski definition) is 5. The molecular weight excluding hydrogens is 452 g/mol. The predicted molar refractivity (Wildman–Crippen MR) is 142 cm³/mol. The smallest absolute Gasteiger partial charge is 0.410 e. The van der Waals surface area contributed by atoms with Crippen molar-refractivity contribution in [2.75, 3.05) is 13.1 Å². The summed E-state index contributed by atoms with van der Waals surface area (Å²) in [6.07, 6.45) is 2.52. The molecule has 0 radical (unpaired) electrons. The molecule has 0 saturated heterocycles. The van der Waals surface area contributed by atoms with Crippen molar-refractivity contribution in [2.24, 2.45) is 0 Å². The average molecular weight is 483 g/mol. The van der Waals surface area contributed by atoms with E-state index in [2.05, 4.69) is 6.08 Å². The van der Waals surface area contributed by atoms with Crippen LogP contribution < -0.4 is 5.43 Å². The Morgan fingerprint density at radius 3 is 2.36 bits per heavy atom. The van der Waals surface area contributed by atoms with Gasteiger partial charge in [0.25, 0.3) is 0 Å². The molecule has 2 aliphatic heterocycles. The Bertz CT molecular complexity index is 1520. The Hall–Kier alpha value is -3.93. The van der Waals surface area contributed by atoms with Crippen LogP contribution >= 0.6 is 0 Å². The highest BCUT2D eigenvalue weighted by Gasteiger charge is 2.25. The lowest BCUT2D eigenvalue weighted by Crippen LogP contribution is -2.39. The Morgan fingerprint density at radius 2 is 1.69 bits per heavy atom. The number of hydrogen-bond donors (Lipinski definition) is 0. The van der Waals surface area contributed by atoms with Gasteiger partial charge in [-0.05, 0) is 75.4 Å². The van der Waals surface area contributed by atoms with E-state index >= 15 is 0 Å². The molecule has 0 atom stereocenters. The maximum Gasteiger partial charge on any atom is 0.410 e. The topological polar surface area (TPSA) is 72.6 Å². The zero-order chi connectivity index (χ0) is 25.6. The van der Waals surface area contributed by atoms with Crippen LogP contribution in [0, 0.1) is 13.8 Å². The third-order valence-corrected chi connectivity index (χ3v) is 6.64. The van der Waals surface area contributed by atoms with E-state index in [1.54, 1.807) is 4.90 Å². The van der Waals surface area contributed by atoms with Gasteiger partial charge in [-0.1, -0.05) is 42.5 Å². The van der Waals surface area contributed by atoms with E-state index in [9.17, 15) is 9.59 Å². The molecule has 36 heavy (non-hydrogen) atoms. The first kappa shape index (κ1) is 23.8. The zero-order valence-electron chi connectivity index (χ0n) is 21.3. The average Bonchev–Trinajstić information content (AvgIpc) is 2.86. The normalized spacial score (nSPS) is 14.2. The van der Waals surface area contributed by atoms with E-state index in [4.69, 9.17) is 14.1 Å². The van der Waals surface area contributed by atoms with Crippen LogP contribution in [-0.4, -0.2) is 34.7 Å². The van der Waals surface area contributed by atoms with Gasteiger partial charge in [0.1, 0.15) is 16.8 Å². The van der Waals surface area contributed by atoms with Crippen molar-refractivity contribution in [3.63, 3.8) is 0 Å². The molecule has 1 aliphatic carbocycles. The molecule has 2 aromatic carbocycles. The van der Waals surface area contributed by atoms with Gasteiger partial charge in [0.15, 0.2) is 16.8 Å². The number of nitrogens with zero attached hydrogens (tertiary/aromatic N) is 2. The van der Waals surface area contributed by atoms with Crippen LogP contribution in [0.4, 0.5) is 4.79 Å². The summed E-state index contributed by atoms with van der Waals surface area (Å²) in [6.45, 7) is 10.5. The highest BCUT2D eigenvalue weighted by Crippen LogP contribution is 2.36. The summed E-state index contributed by atoms with van der Waals surface area (Å²) >= 11 is 0. The molecule has 0 aromatic heterocycles. The Labute approximate surface area is 210 Å². The Balaban J connectivity index is 1.48. The highest BCUT2D eigenvalue weighted by atomic mass is 16.6. The number of amides is 1. The molecule has 0 N–H and O–H groups in total. The first-order valence-corrected chi connectivity index (χ1v) is 12.2. The van der Waals surface area contributed by atoms with Gasteiger partial charge in [0, 0.05) is 18.7 Å². The molecule has 2 heterocycles. The predicted octanol–water partition coefficient (Wildman–Crippen LogP) is 6.60. The molecule has 0 spiro atoms. The van der Waals surface area contributed by atoms with Crippen molar-refractivity contribution in [1.82, 2.24) is 9.88 Å². The molecule has 6 heteroatoms. The second-order valence-electron chi connectivity index (χ2n) is 10.3. The molecule has 3 aliphatic rings. The van der Waals surface area contributed by atoms with Gasteiger partial charge in [-0.3, -0.25) is 4.79 Å². The van der Waals surface area contributed by atoms with E-state index < -0.39 is 5.60 Å². The van der Waals surface area contributed by atoms with Crippen molar-refractivity contribution in [1.29, 1.82) is 0 Å². The third-order valence-electron chi connectivity index (χ3n) is 6.64. The minimum atomic E-state index is -0.510. The number of para-hydroxylation sites is 2. The molecule has 0 bridgehead atoms. The van der Waals surface area contributed by atoms with Crippen LogP contribution in [0.15, 0.2) is 63.8 Å². The van der Waals surface area contributed by atoms with Crippen molar-refractivity contribution < 1.29 is 13.9 Å². The van der Waals surface area contributed by atoms with E-state index in [0.29, 0.717) is 41.3 Å². The van der Waals surface area contributed by atoms with Crippen LogP contribution in [0.3, 0.4) is 0 Å². The minimum Gasteiger partial charge on any atom is -0.452 e. The number of ether oxygens (including phenoxy) is 1. The van der Waals surface area contributed by atoms with Gasteiger partial charge in [-0.25, -0.2) is 9.78 Å². The largest absolute Gasteiger partial charge is 0.452 e. The van der Waals surface area contributed by atoms with Gasteiger partial charge < -0.3 is 14.1 Å². The lowest BCUT2D eigenvalue weighted by Gasteiger charge is -2.29. The number of aromatic nitrogens is 1. The molecule has 6 nitrogen and oxygen atoms in total. The first-order chi connectivity index (χ1) is 17.1. The van der Waals surface area contributed by atoms with Gasteiger partial charge >= 0.3 is 6.09 Å². The summed E-state index contributed by atoms with van der Waals surface area (Å²) in [4.78, 5) is 32.3. The van der Waals surface area contributed by atoms with Crippen molar-refractivity contribution in [2.45, 2.75) is 46.6 Å². The van der Waals surface area contributed by atoms with Gasteiger partial charge in [-0.2, -0.15) is 0 Å². The van der Waals surface area contributed by atoms with E-state index in [1.807, 2.05) is 83.1 Å². The fraction of sp³-hybridized carbons (Fsp3) is 0.300. The number of rotatable bonds is 2. The molecule has 5 rings (SSSR count). The van der Waals surface area contributed by atoms with Crippen LogP contribution in [-0.2, 0) is 4.74 Å². The fourth-order valence-corrected chi connectivity index (χ4v) is 4.56. The fourth-order valence-electron chi connectivity index (χ4n) is 4.56. The second kappa shape index (κ2) is 8.94. The number of carbonyl (C=O) groups excluding carboxylic acids is 1. The maximum absolute atomic E-state index is 13.4. The van der Waals surface area contributed by atoms with E-state index in [0.717, 1.165) is 28.6 Å². The van der Waals surface area contributed by atoms with Gasteiger partial charge in [-0.15, -0.1) is 0 Å². The Kier molecular flexibility index (Phi) is 5.91. The van der Waals surface area contributed by atoms with E-state index in [-0.39, 0.29) is 11.5 Å². The van der Waals surface area contributed by atoms with Gasteiger partial charge in [0.05, 0.1) is 5.56 Å². The number of carbonyl (C=O) groups is 1. The van der Waals surface area contributed by atoms with Crippen molar-refractivity contribution >= 4 is 22.8 Å². The molecule has 1 amide bonds. The second-order valence-corrected chi connectivity index (χ2v) is 10.3. The zero-order valence-corrected chi connectivity index (χ0v) is 21.3. The standard InChI is InChI=1S/C30H30N2O4/c1-18-19(2)27(33)25(28-26(18)31-23-8-6-7-9-24(23)35-28)22-12-10-20(11-13-22)21-14-16-32(17-15-21)29(34)36-30(3,4)5/h6-14H,15-17H2,1-5H3. The molecular formula is C30H30N2O4. The van der Waals surface area contributed by atoms with Crippen LogP contribution in [0.5, 0.6) is 0 Å². The molecule has 184 valence electrons. The molecule has 0 fully saturated rings. The monoisotopic (exact) mass is 482 g/mol. The SMILES string of the molecule is Cc1c2nc3ccccc3oc-2c(-c2ccc(C3=CCN(C(=O)OC(C)(C)C)CC3)cc2)c(=O)c1C. The maximum atomic E-state index is 13.4. The summed E-state index contributed by atoms with van der Waals surface area (Å²) in [5.74, 6) is 0.513. The van der Waals surface area contributed by atoms with E-state index in [1.165, 1.54) is 5.57 Å². The molecule has 0 unspecified atom stereocenters. The summed E-state index contributed by atoms with van der Waals surface area (Å²) in [5, 5.41) is 0. The van der Waals surface area contributed by atoms with Crippen LogP contribution in [0.25, 0.3) is 39.3 Å². The Morgan fingerprint density at radius 1 is 1.00 bits per heavy atom. The minimum absolute atomic E-state index is 0.0431. The lowest BCUT2D eigenvalue weighted by atomic mass is 9.92. The van der Waals surface area contributed by atoms with Crippen LogP contribution in [0.1, 0.15) is 43.9 Å². The highest BCUT2D eigenvalue weighted by molar-refractivity contribution is 5.86. The van der Waals surface area contributed by atoms with Crippen molar-refractivity contribution in [3.05, 3.63) is 81.5 Å². The molecule has 2 aromatic rings. The molecule has 0 saturated carbocycles. The lowest BCUT2D eigenvalue weighted by molar-refractivity contribution is 0.0270. The van der Waals surface area contributed by atoms with Crippen molar-refractivity contribution in [3.8, 4) is 22.6 Å². The first-order valence-electron chi connectivity index (χ1n) is 12.2. The number of fused-ring (bicyclic) bond motifs is 2. The third kappa shape index (κ3) is 4.39. The van der Waals surface area contributed by atoms with Gasteiger partial charge in [0.2, 0.25) is 0 Å². The quantitative estimate of drug-likeness (QED) is 0.301. The summed E-state index contributed by atoms with van der Waals surface area (Å²) in [5.41, 5.74) is 6.66. The number of benzene rings is 3.